The molecule has 2 aromatic heterocycles. The number of aliphatic imine (C=N–C) groups is 1. The Labute approximate surface area is 226 Å². The molecular formula is C29H32FN7O2. The van der Waals surface area contributed by atoms with Gasteiger partial charge in [-0.05, 0) is 63.3 Å². The highest BCUT2D eigenvalue weighted by atomic mass is 19.1. The van der Waals surface area contributed by atoms with E-state index in [-0.39, 0.29) is 18.6 Å². The SMILES string of the molecule is CC(C)(O)[C@H](F)CNC(=O)c1cnc(C2=CC=C3C=C(C#N)C=NC32)cc1N[C@H]1CC[C@H](c2cc[nH]n2)CC1. The summed E-state index contributed by atoms with van der Waals surface area (Å²) in [6.07, 6.45) is 12.7. The van der Waals surface area contributed by atoms with E-state index in [2.05, 4.69) is 36.9 Å². The number of allylic oxidation sites excluding steroid dienone is 3. The van der Waals surface area contributed by atoms with Gasteiger partial charge in [-0.3, -0.25) is 19.9 Å². The predicted molar refractivity (Wildman–Crippen MR) is 147 cm³/mol. The maximum absolute atomic E-state index is 14.3. The number of hydrogen-bond acceptors (Lipinski definition) is 7. The molecule has 1 amide bonds. The summed E-state index contributed by atoms with van der Waals surface area (Å²) in [5.74, 6) is -0.0674. The maximum Gasteiger partial charge on any atom is 0.255 e. The first kappa shape index (κ1) is 26.5. The van der Waals surface area contributed by atoms with Gasteiger partial charge in [0.15, 0.2) is 0 Å². The number of nitrogens with one attached hydrogen (secondary N) is 3. The van der Waals surface area contributed by atoms with Gasteiger partial charge in [0.25, 0.3) is 5.91 Å². The summed E-state index contributed by atoms with van der Waals surface area (Å²) in [6, 6.07) is 5.87. The minimum atomic E-state index is -1.62. The number of carbonyl (C=O) groups is 1. The molecule has 2 aliphatic carbocycles. The van der Waals surface area contributed by atoms with Crippen molar-refractivity contribution in [3.63, 3.8) is 0 Å². The number of aromatic nitrogens is 3. The number of dihydropyridines is 1. The van der Waals surface area contributed by atoms with Crippen molar-refractivity contribution in [2.45, 2.75) is 69.3 Å². The lowest BCUT2D eigenvalue weighted by molar-refractivity contribution is -0.00177. The van der Waals surface area contributed by atoms with Gasteiger partial charge in [0.1, 0.15) is 18.3 Å². The van der Waals surface area contributed by atoms with Crippen LogP contribution in [0.5, 0.6) is 0 Å². The van der Waals surface area contributed by atoms with E-state index in [1.807, 2.05) is 36.6 Å². The molecule has 202 valence electrons. The van der Waals surface area contributed by atoms with E-state index in [9.17, 15) is 19.6 Å². The van der Waals surface area contributed by atoms with Gasteiger partial charge in [-0.15, -0.1) is 0 Å². The summed E-state index contributed by atoms with van der Waals surface area (Å²) in [6.45, 7) is 2.42. The van der Waals surface area contributed by atoms with Crippen LogP contribution in [0.15, 0.2) is 58.9 Å². The van der Waals surface area contributed by atoms with Gasteiger partial charge in [-0.25, -0.2) is 4.39 Å². The first-order chi connectivity index (χ1) is 18.7. The van der Waals surface area contributed by atoms with Crippen molar-refractivity contribution < 1.29 is 14.3 Å². The van der Waals surface area contributed by atoms with Gasteiger partial charge in [0, 0.05) is 36.1 Å². The van der Waals surface area contributed by atoms with Gasteiger partial charge in [-0.1, -0.05) is 12.2 Å². The summed E-state index contributed by atoms with van der Waals surface area (Å²) >= 11 is 0. The van der Waals surface area contributed by atoms with Crippen LogP contribution in [-0.2, 0) is 0 Å². The zero-order valence-electron chi connectivity index (χ0n) is 22.0. The number of H-pyrrole nitrogens is 1. The third-order valence-electron chi connectivity index (χ3n) is 7.56. The number of anilines is 1. The molecule has 39 heavy (non-hydrogen) atoms. The molecule has 1 unspecified atom stereocenters. The molecule has 2 atom stereocenters. The number of amides is 1. The Hall–Kier alpha value is -4.10. The first-order valence-electron chi connectivity index (χ1n) is 13.2. The van der Waals surface area contributed by atoms with E-state index in [4.69, 9.17) is 0 Å². The number of halogens is 1. The van der Waals surface area contributed by atoms with E-state index in [0.717, 1.165) is 42.5 Å². The van der Waals surface area contributed by atoms with Crippen LogP contribution in [0, 0.1) is 11.3 Å². The van der Waals surface area contributed by atoms with Crippen molar-refractivity contribution in [3.8, 4) is 6.07 Å². The topological polar surface area (TPSA) is 139 Å². The van der Waals surface area contributed by atoms with Crippen LogP contribution in [0.3, 0.4) is 0 Å². The van der Waals surface area contributed by atoms with E-state index in [1.165, 1.54) is 20.0 Å². The van der Waals surface area contributed by atoms with Crippen LogP contribution < -0.4 is 10.6 Å². The largest absolute Gasteiger partial charge is 0.387 e. The number of pyridine rings is 1. The highest BCUT2D eigenvalue weighted by molar-refractivity contribution is 6.00. The van der Waals surface area contributed by atoms with E-state index in [1.54, 1.807) is 6.21 Å². The van der Waals surface area contributed by atoms with E-state index < -0.39 is 17.7 Å². The monoisotopic (exact) mass is 529 g/mol. The summed E-state index contributed by atoms with van der Waals surface area (Å²) < 4.78 is 14.3. The fraction of sp³-hybridized carbons (Fsp3) is 0.414. The summed E-state index contributed by atoms with van der Waals surface area (Å²) in [5, 5.41) is 32.5. The van der Waals surface area contributed by atoms with Crippen molar-refractivity contribution in [2.75, 3.05) is 11.9 Å². The second kappa shape index (κ2) is 10.9. The quantitative estimate of drug-likeness (QED) is 0.408. The Kier molecular flexibility index (Phi) is 7.44. The fourth-order valence-corrected chi connectivity index (χ4v) is 5.19. The molecule has 2 aromatic rings. The lowest BCUT2D eigenvalue weighted by Gasteiger charge is -2.30. The molecule has 9 nitrogen and oxygen atoms in total. The minimum absolute atomic E-state index is 0.146. The van der Waals surface area contributed by atoms with Crippen LogP contribution in [0.2, 0.25) is 0 Å². The van der Waals surface area contributed by atoms with Gasteiger partial charge in [0.2, 0.25) is 0 Å². The third kappa shape index (κ3) is 5.83. The Morgan fingerprint density at radius 1 is 1.31 bits per heavy atom. The minimum Gasteiger partial charge on any atom is -0.387 e. The van der Waals surface area contributed by atoms with E-state index in [0.29, 0.717) is 28.4 Å². The lowest BCUT2D eigenvalue weighted by atomic mass is 9.84. The second-order valence-corrected chi connectivity index (χ2v) is 10.8. The van der Waals surface area contributed by atoms with Crippen LogP contribution in [0.4, 0.5) is 10.1 Å². The van der Waals surface area contributed by atoms with Crippen LogP contribution in [0.25, 0.3) is 5.57 Å². The molecule has 4 N–H and O–H groups in total. The smallest absolute Gasteiger partial charge is 0.255 e. The number of rotatable bonds is 8. The number of hydrogen-bond donors (Lipinski definition) is 4. The van der Waals surface area contributed by atoms with Crippen LogP contribution in [0.1, 0.15) is 67.2 Å². The molecule has 5 rings (SSSR count). The third-order valence-corrected chi connectivity index (χ3v) is 7.56. The standard InChI is InChI=1S/C29H32FN7O2/c1-29(2,39)26(30)16-34-28(38)22-15-32-24(21-8-5-19-11-17(13-31)14-33-27(19)21)12-25(22)36-20-6-3-18(4-7-20)23-9-10-35-37-23/h5,8-12,14-15,18,20,26-27,39H,3-4,6-7,16H2,1-2H3,(H,32,36)(H,34,38)(H,35,37)/t18-,20-,26-,27?/m1/s1. The van der Waals surface area contributed by atoms with Gasteiger partial charge in [0.05, 0.1) is 40.4 Å². The van der Waals surface area contributed by atoms with Gasteiger partial charge in [-0.2, -0.15) is 10.4 Å². The van der Waals surface area contributed by atoms with Crippen molar-refractivity contribution >= 4 is 23.4 Å². The molecule has 0 saturated heterocycles. The predicted octanol–water partition coefficient (Wildman–Crippen LogP) is 4.01. The Morgan fingerprint density at radius 3 is 2.79 bits per heavy atom. The highest BCUT2D eigenvalue weighted by Gasteiger charge is 2.30. The molecule has 3 heterocycles. The molecule has 1 saturated carbocycles. The molecule has 3 aliphatic rings. The Bertz CT molecular complexity index is 1390. The summed E-state index contributed by atoms with van der Waals surface area (Å²) in [4.78, 5) is 22.3. The van der Waals surface area contributed by atoms with E-state index >= 15 is 0 Å². The second-order valence-electron chi connectivity index (χ2n) is 10.8. The lowest BCUT2D eigenvalue weighted by Crippen LogP contribution is -2.42. The van der Waals surface area contributed by atoms with Crippen LogP contribution >= 0.6 is 0 Å². The number of aliphatic hydroxyl groups is 1. The molecule has 0 radical (unpaired) electrons. The summed E-state index contributed by atoms with van der Waals surface area (Å²) in [7, 11) is 0. The average molecular weight is 530 g/mol. The van der Waals surface area contributed by atoms with Crippen molar-refractivity contribution in [2.24, 2.45) is 4.99 Å². The number of aromatic amines is 1. The van der Waals surface area contributed by atoms with Crippen molar-refractivity contribution in [1.29, 1.82) is 5.26 Å². The molecule has 0 aromatic carbocycles. The molecule has 0 bridgehead atoms. The van der Waals surface area contributed by atoms with Crippen LogP contribution in [-0.4, -0.2) is 62.8 Å². The van der Waals surface area contributed by atoms with Crippen molar-refractivity contribution in [3.05, 3.63) is 70.9 Å². The highest BCUT2D eigenvalue weighted by Crippen LogP contribution is 2.36. The maximum atomic E-state index is 14.3. The molecule has 10 heteroatoms. The Balaban J connectivity index is 1.36. The molecular weight excluding hydrogens is 497 g/mol. The normalized spacial score (nSPS) is 23.2. The molecule has 1 fully saturated rings. The number of alkyl halides is 1. The zero-order valence-corrected chi connectivity index (χ0v) is 22.0. The van der Waals surface area contributed by atoms with Gasteiger partial charge < -0.3 is 15.7 Å². The first-order valence-corrected chi connectivity index (χ1v) is 13.2. The number of carbonyl (C=O) groups excluding carboxylic acids is 1. The molecule has 0 spiro atoms. The Morgan fingerprint density at radius 2 is 2.10 bits per heavy atom. The fourth-order valence-electron chi connectivity index (χ4n) is 5.19. The summed E-state index contributed by atoms with van der Waals surface area (Å²) in [5.41, 5.74) is 3.38. The number of nitriles is 1. The molecule has 1 aliphatic heterocycles. The average Bonchev–Trinajstić information content (AvgIpc) is 3.61. The number of nitrogens with zero attached hydrogens (tertiary/aromatic N) is 4. The zero-order chi connectivity index (χ0) is 27.6. The van der Waals surface area contributed by atoms with Gasteiger partial charge >= 0.3 is 0 Å². The number of fused-ring (bicyclic) bond motifs is 1. The van der Waals surface area contributed by atoms with Crippen molar-refractivity contribution in [1.82, 2.24) is 20.5 Å².